The molecule has 3 N–H and O–H groups in total. The number of primary amides is 1. The number of hydrogen-bond donors (Lipinski definition) is 2. The summed E-state index contributed by atoms with van der Waals surface area (Å²) in [5.41, 5.74) is 5.39. The summed E-state index contributed by atoms with van der Waals surface area (Å²) in [5, 5.41) is 3.23. The Morgan fingerprint density at radius 3 is 2.32 bits per heavy atom. The maximum Gasteiger partial charge on any atom is 0.235 e. The third-order valence-corrected chi connectivity index (χ3v) is 4.90. The summed E-state index contributed by atoms with van der Waals surface area (Å²) in [6.45, 7) is 2.80. The Morgan fingerprint density at radius 1 is 1.32 bits per heavy atom. The quantitative estimate of drug-likeness (QED) is 0.600. The second kappa shape index (κ2) is 5.74. The van der Waals surface area contributed by atoms with Crippen molar-refractivity contribution >= 4 is 15.9 Å². The van der Waals surface area contributed by atoms with Crippen LogP contribution in [0, 0.1) is 0 Å². The molecule has 1 unspecified atom stereocenters. The van der Waals surface area contributed by atoms with Gasteiger partial charge in [-0.3, -0.25) is 9.69 Å². The second-order valence-electron chi connectivity index (χ2n) is 5.36. The average molecular weight is 290 g/mol. The molecule has 1 amide bonds. The molecule has 0 radical (unpaired) electrons. The first-order valence-corrected chi connectivity index (χ1v) is 8.44. The number of rotatable bonds is 6. The van der Waals surface area contributed by atoms with Crippen molar-refractivity contribution in [3.8, 4) is 0 Å². The lowest BCUT2D eigenvalue weighted by atomic mass is 10.2. The fraction of sp³-hybridized carbons (Fsp3) is 0.909. The predicted molar refractivity (Wildman–Crippen MR) is 72.0 cm³/mol. The molecule has 8 heteroatoms. The van der Waals surface area contributed by atoms with Crippen LogP contribution in [0.3, 0.4) is 0 Å². The molecule has 19 heavy (non-hydrogen) atoms. The van der Waals surface area contributed by atoms with Crippen LogP contribution >= 0.6 is 0 Å². The third-order valence-electron chi connectivity index (χ3n) is 3.60. The number of amides is 1. The van der Waals surface area contributed by atoms with Crippen LogP contribution in [0.4, 0.5) is 0 Å². The number of carbonyl (C=O) groups is 1. The van der Waals surface area contributed by atoms with E-state index in [1.165, 1.54) is 10.6 Å². The van der Waals surface area contributed by atoms with E-state index in [4.69, 9.17) is 5.73 Å². The second-order valence-corrected chi connectivity index (χ2v) is 7.34. The number of hydrogen-bond acceptors (Lipinski definition) is 5. The SMILES string of the molecule is CS(=O)(=O)N1CCN(CC(NC2CC2)C(N)=O)CC1. The van der Waals surface area contributed by atoms with Gasteiger partial charge in [0.15, 0.2) is 0 Å². The van der Waals surface area contributed by atoms with E-state index in [1.54, 1.807) is 0 Å². The van der Waals surface area contributed by atoms with E-state index < -0.39 is 10.0 Å². The lowest BCUT2D eigenvalue weighted by molar-refractivity contribution is -0.120. The molecule has 0 bridgehead atoms. The molecule has 1 saturated carbocycles. The largest absolute Gasteiger partial charge is 0.368 e. The number of nitrogens with one attached hydrogen (secondary N) is 1. The summed E-state index contributed by atoms with van der Waals surface area (Å²) < 4.78 is 24.3. The van der Waals surface area contributed by atoms with Gasteiger partial charge in [-0.1, -0.05) is 0 Å². The minimum absolute atomic E-state index is 0.336. The first kappa shape index (κ1) is 14.7. The first-order chi connectivity index (χ1) is 8.86. The highest BCUT2D eigenvalue weighted by atomic mass is 32.2. The van der Waals surface area contributed by atoms with Crippen molar-refractivity contribution < 1.29 is 13.2 Å². The van der Waals surface area contributed by atoms with E-state index in [2.05, 4.69) is 10.2 Å². The van der Waals surface area contributed by atoms with E-state index in [0.29, 0.717) is 38.8 Å². The van der Waals surface area contributed by atoms with Crippen molar-refractivity contribution in [2.75, 3.05) is 39.0 Å². The number of sulfonamides is 1. The normalized spacial score (nSPS) is 24.3. The monoisotopic (exact) mass is 290 g/mol. The molecule has 7 nitrogen and oxygen atoms in total. The van der Waals surface area contributed by atoms with Crippen molar-refractivity contribution in [3.05, 3.63) is 0 Å². The summed E-state index contributed by atoms with van der Waals surface area (Å²) in [4.78, 5) is 13.5. The fourth-order valence-electron chi connectivity index (χ4n) is 2.26. The topological polar surface area (TPSA) is 95.7 Å². The predicted octanol–water partition coefficient (Wildman–Crippen LogP) is -1.83. The van der Waals surface area contributed by atoms with E-state index in [-0.39, 0.29) is 11.9 Å². The lowest BCUT2D eigenvalue weighted by Crippen LogP contribution is -2.55. The van der Waals surface area contributed by atoms with Gasteiger partial charge in [-0.2, -0.15) is 4.31 Å². The van der Waals surface area contributed by atoms with Crippen LogP contribution in [-0.2, 0) is 14.8 Å². The number of carbonyl (C=O) groups excluding carboxylic acids is 1. The summed E-state index contributed by atoms with van der Waals surface area (Å²) in [6, 6.07) is 0.0899. The summed E-state index contributed by atoms with van der Waals surface area (Å²) >= 11 is 0. The molecule has 1 heterocycles. The van der Waals surface area contributed by atoms with E-state index in [0.717, 1.165) is 12.8 Å². The molecule has 2 fully saturated rings. The standard InChI is InChI=1S/C11H22N4O3S/c1-19(17,18)15-6-4-14(5-7-15)8-10(11(12)16)13-9-2-3-9/h9-10,13H,2-8H2,1H3,(H2,12,16). The molecule has 0 aromatic carbocycles. The van der Waals surface area contributed by atoms with Crippen LogP contribution in [0.1, 0.15) is 12.8 Å². The van der Waals surface area contributed by atoms with Gasteiger partial charge in [-0.15, -0.1) is 0 Å². The molecule has 0 aromatic heterocycles. The maximum atomic E-state index is 11.4. The maximum absolute atomic E-state index is 11.4. The molecule has 2 aliphatic rings. The van der Waals surface area contributed by atoms with Crippen LogP contribution in [0.25, 0.3) is 0 Å². The van der Waals surface area contributed by atoms with Gasteiger partial charge in [0.1, 0.15) is 0 Å². The summed E-state index contributed by atoms with van der Waals surface area (Å²) in [5.74, 6) is -0.336. The van der Waals surface area contributed by atoms with E-state index >= 15 is 0 Å². The van der Waals surface area contributed by atoms with Crippen molar-refractivity contribution in [2.45, 2.75) is 24.9 Å². The Balaban J connectivity index is 1.81. The van der Waals surface area contributed by atoms with Crippen LogP contribution < -0.4 is 11.1 Å². The molecule has 0 aromatic rings. The Labute approximate surface area is 114 Å². The average Bonchev–Trinajstić information content (AvgIpc) is 3.11. The van der Waals surface area contributed by atoms with Gasteiger partial charge in [0, 0.05) is 38.8 Å². The Morgan fingerprint density at radius 2 is 1.89 bits per heavy atom. The molecular weight excluding hydrogens is 268 g/mol. The zero-order chi connectivity index (χ0) is 14.0. The lowest BCUT2D eigenvalue weighted by Gasteiger charge is -2.34. The number of nitrogens with zero attached hydrogens (tertiary/aromatic N) is 2. The molecule has 2 rings (SSSR count). The zero-order valence-corrected chi connectivity index (χ0v) is 12.0. The molecule has 1 aliphatic heterocycles. The van der Waals surface area contributed by atoms with Crippen molar-refractivity contribution in [1.82, 2.24) is 14.5 Å². The fourth-order valence-corrected chi connectivity index (χ4v) is 3.09. The molecule has 1 saturated heterocycles. The highest BCUT2D eigenvalue weighted by Crippen LogP contribution is 2.19. The molecule has 0 spiro atoms. The Hall–Kier alpha value is -0.700. The zero-order valence-electron chi connectivity index (χ0n) is 11.2. The number of piperazine rings is 1. The van der Waals surface area contributed by atoms with Crippen LogP contribution in [0.2, 0.25) is 0 Å². The minimum Gasteiger partial charge on any atom is -0.368 e. The first-order valence-electron chi connectivity index (χ1n) is 6.59. The van der Waals surface area contributed by atoms with Crippen molar-refractivity contribution in [2.24, 2.45) is 5.73 Å². The third kappa shape index (κ3) is 4.41. The Bertz CT molecular complexity index is 427. The molecular formula is C11H22N4O3S. The molecule has 1 aliphatic carbocycles. The van der Waals surface area contributed by atoms with Gasteiger partial charge in [-0.25, -0.2) is 8.42 Å². The van der Waals surface area contributed by atoms with E-state index in [9.17, 15) is 13.2 Å². The number of nitrogens with two attached hydrogens (primary N) is 1. The van der Waals surface area contributed by atoms with Crippen molar-refractivity contribution in [3.63, 3.8) is 0 Å². The van der Waals surface area contributed by atoms with Gasteiger partial charge < -0.3 is 11.1 Å². The highest BCUT2D eigenvalue weighted by molar-refractivity contribution is 7.88. The van der Waals surface area contributed by atoms with Gasteiger partial charge in [0.05, 0.1) is 12.3 Å². The van der Waals surface area contributed by atoms with Gasteiger partial charge >= 0.3 is 0 Å². The van der Waals surface area contributed by atoms with Crippen LogP contribution in [0.15, 0.2) is 0 Å². The molecule has 110 valence electrons. The Kier molecular flexibility index (Phi) is 4.44. The minimum atomic E-state index is -3.10. The van der Waals surface area contributed by atoms with Crippen molar-refractivity contribution in [1.29, 1.82) is 0 Å². The van der Waals surface area contributed by atoms with Crippen LogP contribution in [0.5, 0.6) is 0 Å². The summed E-state index contributed by atoms with van der Waals surface area (Å²) in [6.07, 6.45) is 3.43. The van der Waals surface area contributed by atoms with Gasteiger partial charge in [0.25, 0.3) is 0 Å². The van der Waals surface area contributed by atoms with E-state index in [1.807, 2.05) is 0 Å². The smallest absolute Gasteiger partial charge is 0.235 e. The van der Waals surface area contributed by atoms with Gasteiger partial charge in [-0.05, 0) is 12.8 Å². The summed E-state index contributed by atoms with van der Waals surface area (Å²) in [7, 11) is -3.10. The van der Waals surface area contributed by atoms with Gasteiger partial charge in [0.2, 0.25) is 15.9 Å². The molecule has 1 atom stereocenters. The highest BCUT2D eigenvalue weighted by Gasteiger charge is 2.30. The van der Waals surface area contributed by atoms with Crippen LogP contribution in [-0.4, -0.2) is 74.6 Å².